The lowest BCUT2D eigenvalue weighted by Gasteiger charge is -2.48. The minimum Gasteiger partial charge on any atom is -0.458 e. The van der Waals surface area contributed by atoms with Crippen LogP contribution in [-0.4, -0.2) is 6.71 Å². The molecule has 9 aromatic carbocycles. The van der Waals surface area contributed by atoms with Crippen molar-refractivity contribution in [2.24, 2.45) is 0 Å². The molecular formula is C58H42BNO2. The van der Waals surface area contributed by atoms with Crippen molar-refractivity contribution in [2.75, 3.05) is 4.90 Å². The van der Waals surface area contributed by atoms with Gasteiger partial charge in [0.15, 0.2) is 0 Å². The molecule has 0 amide bonds. The predicted octanol–water partition coefficient (Wildman–Crippen LogP) is 13.0. The Balaban J connectivity index is 1.09. The van der Waals surface area contributed by atoms with E-state index in [1.54, 1.807) is 0 Å². The number of ether oxygens (including phenoxy) is 2. The summed E-state index contributed by atoms with van der Waals surface area (Å²) in [5, 5.41) is 0. The molecule has 0 atom stereocenters. The van der Waals surface area contributed by atoms with Crippen LogP contribution < -0.4 is 30.8 Å². The maximum atomic E-state index is 7.02. The molecule has 0 unspecified atom stereocenters. The van der Waals surface area contributed by atoms with Crippen molar-refractivity contribution < 1.29 is 9.47 Å². The first-order valence-corrected chi connectivity index (χ1v) is 21.6. The molecule has 1 spiro atoms. The largest absolute Gasteiger partial charge is 0.458 e. The highest BCUT2D eigenvalue weighted by Crippen LogP contribution is 2.63. The van der Waals surface area contributed by atoms with Gasteiger partial charge >= 0.3 is 0 Å². The van der Waals surface area contributed by atoms with E-state index < -0.39 is 5.41 Å². The van der Waals surface area contributed by atoms with E-state index in [-0.39, 0.29) is 6.71 Å². The summed E-state index contributed by atoms with van der Waals surface area (Å²) >= 11 is 0. The van der Waals surface area contributed by atoms with E-state index in [9.17, 15) is 0 Å². The van der Waals surface area contributed by atoms with Gasteiger partial charge < -0.3 is 14.4 Å². The topological polar surface area (TPSA) is 21.7 Å². The monoisotopic (exact) mass is 795 g/mol. The molecule has 12 rings (SSSR count). The Morgan fingerprint density at radius 2 is 0.952 bits per heavy atom. The number of benzene rings is 9. The lowest BCUT2D eigenvalue weighted by Crippen LogP contribution is -2.56. The van der Waals surface area contributed by atoms with Gasteiger partial charge in [-0.1, -0.05) is 189 Å². The minimum absolute atomic E-state index is 0.0924. The Morgan fingerprint density at radius 1 is 0.419 bits per heavy atom. The van der Waals surface area contributed by atoms with E-state index in [2.05, 4.69) is 231 Å². The van der Waals surface area contributed by atoms with Crippen LogP contribution in [0.15, 0.2) is 212 Å². The zero-order valence-corrected chi connectivity index (χ0v) is 34.6. The molecule has 9 aromatic rings. The third kappa shape index (κ3) is 5.39. The van der Waals surface area contributed by atoms with Crippen molar-refractivity contribution >= 4 is 40.2 Å². The molecule has 0 N–H and O–H groups in total. The molecule has 0 aliphatic carbocycles. The summed E-state index contributed by atoms with van der Waals surface area (Å²) in [6.07, 6.45) is 0. The Kier molecular flexibility index (Phi) is 8.37. The average Bonchev–Trinajstić information content (AvgIpc) is 3.33. The highest BCUT2D eigenvalue weighted by atomic mass is 16.5. The Bertz CT molecular complexity index is 3090. The first-order chi connectivity index (χ1) is 30.6. The molecule has 62 heavy (non-hydrogen) atoms. The van der Waals surface area contributed by atoms with Gasteiger partial charge in [0.05, 0.1) is 16.8 Å². The number of rotatable bonds is 5. The third-order valence-corrected chi connectivity index (χ3v) is 13.3. The number of nitrogens with zero attached hydrogens (tertiary/aromatic N) is 1. The maximum absolute atomic E-state index is 7.02. The van der Waals surface area contributed by atoms with Gasteiger partial charge in [0.2, 0.25) is 0 Å². The van der Waals surface area contributed by atoms with Crippen molar-refractivity contribution in [3.63, 3.8) is 0 Å². The van der Waals surface area contributed by atoms with Crippen LogP contribution in [0.4, 0.5) is 17.1 Å². The Labute approximate surface area is 363 Å². The standard InChI is InChI=1S/C58H42BNO2/c1-38(2)41-32-35-54-48(36-41)58(47-26-11-15-30-53(47)61-54)45-24-9-13-28-51(45)60(52-29-14-10-25-46(52)58)42-33-34-50-56(37-42)62-55-31-16-12-27-49(55)59(50)57-43(39-18-5-3-6-19-39)22-17-23-44(57)40-20-7-4-8-21-40/h3-38H,1-2H3. The predicted molar refractivity (Wildman–Crippen MR) is 256 cm³/mol. The van der Waals surface area contributed by atoms with Gasteiger partial charge in [-0.3, -0.25) is 0 Å². The molecule has 3 aliphatic heterocycles. The molecule has 0 saturated carbocycles. The van der Waals surface area contributed by atoms with Gasteiger partial charge in [-0.15, -0.1) is 0 Å². The first kappa shape index (κ1) is 36.3. The summed E-state index contributed by atoms with van der Waals surface area (Å²) in [6, 6.07) is 77.0. The van der Waals surface area contributed by atoms with Gasteiger partial charge in [-0.25, -0.2) is 0 Å². The van der Waals surface area contributed by atoms with E-state index in [1.165, 1.54) is 50.0 Å². The number of hydrogen-bond acceptors (Lipinski definition) is 3. The fraction of sp³-hybridized carbons (Fsp3) is 0.0690. The van der Waals surface area contributed by atoms with Crippen molar-refractivity contribution in [3.05, 3.63) is 240 Å². The fourth-order valence-corrected chi connectivity index (χ4v) is 10.5. The second-order valence-corrected chi connectivity index (χ2v) is 16.9. The fourth-order valence-electron chi connectivity index (χ4n) is 10.5. The first-order valence-electron chi connectivity index (χ1n) is 21.6. The Hall–Kier alpha value is -7.56. The van der Waals surface area contributed by atoms with E-state index in [1.807, 2.05) is 0 Å². The second-order valence-electron chi connectivity index (χ2n) is 16.9. The zero-order valence-electron chi connectivity index (χ0n) is 34.6. The Morgan fingerprint density at radius 3 is 1.61 bits per heavy atom. The van der Waals surface area contributed by atoms with Gasteiger partial charge in [0.25, 0.3) is 6.71 Å². The number of fused-ring (bicyclic) bond motifs is 10. The molecule has 4 heteroatoms. The third-order valence-electron chi connectivity index (χ3n) is 13.3. The molecule has 0 radical (unpaired) electrons. The molecule has 3 aliphatic rings. The van der Waals surface area contributed by atoms with Crippen molar-refractivity contribution in [1.29, 1.82) is 0 Å². The summed E-state index contributed by atoms with van der Waals surface area (Å²) in [6.45, 7) is 4.44. The molecule has 294 valence electrons. The van der Waals surface area contributed by atoms with Crippen molar-refractivity contribution in [1.82, 2.24) is 0 Å². The molecule has 0 aromatic heterocycles. The summed E-state index contributed by atoms with van der Waals surface area (Å²) in [5.41, 5.74) is 17.0. The lowest BCUT2D eigenvalue weighted by molar-refractivity contribution is 0.433. The van der Waals surface area contributed by atoms with Gasteiger partial charge in [-0.2, -0.15) is 0 Å². The zero-order chi connectivity index (χ0) is 41.4. The molecule has 0 saturated heterocycles. The molecular weight excluding hydrogens is 753 g/mol. The smallest absolute Gasteiger partial charge is 0.252 e. The highest BCUT2D eigenvalue weighted by molar-refractivity contribution is 6.98. The summed E-state index contributed by atoms with van der Waals surface area (Å²) < 4.78 is 13.8. The van der Waals surface area contributed by atoms with Crippen LogP contribution in [0.25, 0.3) is 22.3 Å². The van der Waals surface area contributed by atoms with Gasteiger partial charge in [0, 0.05) is 22.9 Å². The SMILES string of the molecule is CC(C)c1ccc2c(c1)C1(c3ccccc3O2)c2ccccc2N(c2ccc3c(c2)Oc2ccccc2B3c2c(-c3ccccc3)cccc2-c2ccccc2)c2ccccc21. The number of anilines is 3. The molecule has 0 bridgehead atoms. The van der Waals surface area contributed by atoms with Crippen LogP contribution in [0, 0.1) is 0 Å². The number of hydrogen-bond donors (Lipinski definition) is 0. The van der Waals surface area contributed by atoms with Crippen molar-refractivity contribution in [2.45, 2.75) is 25.2 Å². The van der Waals surface area contributed by atoms with E-state index in [0.717, 1.165) is 56.5 Å². The van der Waals surface area contributed by atoms with Crippen LogP contribution in [0.1, 0.15) is 47.6 Å². The van der Waals surface area contributed by atoms with Gasteiger partial charge in [-0.05, 0) is 92.2 Å². The lowest BCUT2D eigenvalue weighted by atomic mass is 9.34. The molecule has 3 nitrogen and oxygen atoms in total. The molecule has 3 heterocycles. The van der Waals surface area contributed by atoms with Crippen LogP contribution in [0.3, 0.4) is 0 Å². The van der Waals surface area contributed by atoms with Crippen LogP contribution in [0.5, 0.6) is 23.0 Å². The van der Waals surface area contributed by atoms with Crippen LogP contribution >= 0.6 is 0 Å². The molecule has 0 fully saturated rings. The van der Waals surface area contributed by atoms with E-state index in [0.29, 0.717) is 5.92 Å². The van der Waals surface area contributed by atoms with Crippen LogP contribution in [-0.2, 0) is 5.41 Å². The highest BCUT2D eigenvalue weighted by Gasteiger charge is 2.51. The quantitative estimate of drug-likeness (QED) is 0.162. The van der Waals surface area contributed by atoms with E-state index >= 15 is 0 Å². The van der Waals surface area contributed by atoms with Gasteiger partial charge in [0.1, 0.15) is 23.0 Å². The number of para-hydroxylation sites is 4. The van der Waals surface area contributed by atoms with E-state index in [4.69, 9.17) is 9.47 Å². The average molecular weight is 796 g/mol. The summed E-state index contributed by atoms with van der Waals surface area (Å²) in [4.78, 5) is 2.44. The normalized spacial score (nSPS) is 13.8. The second kappa shape index (κ2) is 14.3. The van der Waals surface area contributed by atoms with Crippen LogP contribution in [0.2, 0.25) is 0 Å². The minimum atomic E-state index is -0.623. The maximum Gasteiger partial charge on any atom is 0.252 e. The van der Waals surface area contributed by atoms with Crippen molar-refractivity contribution in [3.8, 4) is 45.3 Å². The summed E-state index contributed by atoms with van der Waals surface area (Å²) in [7, 11) is 0. The summed E-state index contributed by atoms with van der Waals surface area (Å²) in [5.74, 6) is 3.86.